The van der Waals surface area contributed by atoms with Crippen molar-refractivity contribution in [1.82, 2.24) is 15.5 Å². The van der Waals surface area contributed by atoms with Crippen LogP contribution in [0.15, 0.2) is 30.3 Å². The van der Waals surface area contributed by atoms with Crippen molar-refractivity contribution in [1.29, 1.82) is 0 Å². The van der Waals surface area contributed by atoms with Gasteiger partial charge in [0.25, 0.3) is 0 Å². The van der Waals surface area contributed by atoms with Gasteiger partial charge in [-0.3, -0.25) is 14.5 Å². The molecule has 0 aliphatic carbocycles. The Bertz CT molecular complexity index is 1200. The van der Waals surface area contributed by atoms with E-state index in [9.17, 15) is 22.8 Å². The number of carbonyl (C=O) groups is 2. The number of benzene rings is 2. The fourth-order valence-corrected chi connectivity index (χ4v) is 5.73. The SMILES string of the molecule is COC(=O)[C@H](Cc1cc(C)c(C)cc1F)NCCNC(=O)[C@@H]1CN(C2CCOCC2)C[C@H]1c1ccc(F)cc1F. The number of hydrogen-bond acceptors (Lipinski definition) is 6. The molecule has 2 aromatic rings. The van der Waals surface area contributed by atoms with E-state index in [1.54, 1.807) is 6.07 Å². The second kappa shape index (κ2) is 13.6. The first-order valence-corrected chi connectivity index (χ1v) is 13.8. The molecular formula is C30H38F3N3O4. The van der Waals surface area contributed by atoms with Crippen LogP contribution in [-0.2, 0) is 25.5 Å². The van der Waals surface area contributed by atoms with Crippen molar-refractivity contribution in [2.75, 3.05) is 46.5 Å². The summed E-state index contributed by atoms with van der Waals surface area (Å²) in [6.45, 7) is 6.39. The molecule has 1 amide bonds. The molecule has 2 fully saturated rings. The minimum Gasteiger partial charge on any atom is -0.468 e. The van der Waals surface area contributed by atoms with Crippen LogP contribution >= 0.6 is 0 Å². The van der Waals surface area contributed by atoms with E-state index in [-0.39, 0.29) is 37.3 Å². The molecule has 2 aliphatic heterocycles. The van der Waals surface area contributed by atoms with Crippen molar-refractivity contribution in [3.05, 3.63) is 70.0 Å². The number of nitrogens with one attached hydrogen (secondary N) is 2. The lowest BCUT2D eigenvalue weighted by Gasteiger charge is -2.31. The third kappa shape index (κ3) is 7.21. The zero-order valence-corrected chi connectivity index (χ0v) is 23.3. The summed E-state index contributed by atoms with van der Waals surface area (Å²) in [7, 11) is 1.27. The average Bonchev–Trinajstić information content (AvgIpc) is 3.38. The zero-order valence-electron chi connectivity index (χ0n) is 23.3. The third-order valence-electron chi connectivity index (χ3n) is 8.14. The molecule has 2 saturated heterocycles. The Balaban J connectivity index is 1.39. The highest BCUT2D eigenvalue weighted by Crippen LogP contribution is 2.37. The van der Waals surface area contributed by atoms with E-state index in [4.69, 9.17) is 9.47 Å². The van der Waals surface area contributed by atoms with Gasteiger partial charge in [-0.2, -0.15) is 0 Å². The fraction of sp³-hybridized carbons (Fsp3) is 0.533. The number of amides is 1. The lowest BCUT2D eigenvalue weighted by atomic mass is 9.88. The number of aryl methyl sites for hydroxylation is 2. The van der Waals surface area contributed by atoms with Gasteiger partial charge in [0.1, 0.15) is 23.5 Å². The van der Waals surface area contributed by atoms with E-state index in [1.807, 2.05) is 13.8 Å². The summed E-state index contributed by atoms with van der Waals surface area (Å²) in [5.41, 5.74) is 2.48. The van der Waals surface area contributed by atoms with Crippen LogP contribution in [0.4, 0.5) is 13.2 Å². The summed E-state index contributed by atoms with van der Waals surface area (Å²) in [5.74, 6) is -3.41. The molecule has 0 saturated carbocycles. The molecule has 7 nitrogen and oxygen atoms in total. The highest BCUT2D eigenvalue weighted by atomic mass is 19.1. The molecule has 10 heteroatoms. The number of halogens is 3. The molecule has 0 aromatic heterocycles. The zero-order chi connectivity index (χ0) is 28.8. The van der Waals surface area contributed by atoms with E-state index in [2.05, 4.69) is 15.5 Å². The first kappa shape index (κ1) is 30.0. The second-order valence-electron chi connectivity index (χ2n) is 10.7. The summed E-state index contributed by atoms with van der Waals surface area (Å²) >= 11 is 0. The van der Waals surface area contributed by atoms with Crippen LogP contribution < -0.4 is 10.6 Å². The van der Waals surface area contributed by atoms with E-state index in [1.165, 1.54) is 25.3 Å². The molecule has 0 radical (unpaired) electrons. The molecule has 2 aliphatic rings. The van der Waals surface area contributed by atoms with E-state index in [0.717, 1.165) is 30.0 Å². The van der Waals surface area contributed by atoms with Gasteiger partial charge in [-0.05, 0) is 61.1 Å². The van der Waals surface area contributed by atoms with Crippen LogP contribution in [0.25, 0.3) is 0 Å². The lowest BCUT2D eigenvalue weighted by molar-refractivity contribution is -0.143. The Morgan fingerprint density at radius 1 is 1.02 bits per heavy atom. The Hall–Kier alpha value is -2.95. The number of carbonyl (C=O) groups excluding carboxylic acids is 2. The van der Waals surface area contributed by atoms with Crippen molar-refractivity contribution in [2.45, 2.75) is 51.1 Å². The van der Waals surface area contributed by atoms with Gasteiger partial charge < -0.3 is 20.1 Å². The normalized spacial score (nSPS) is 20.9. The van der Waals surface area contributed by atoms with Crippen molar-refractivity contribution in [3.63, 3.8) is 0 Å². The van der Waals surface area contributed by atoms with Gasteiger partial charge in [-0.25, -0.2) is 13.2 Å². The van der Waals surface area contributed by atoms with Crippen molar-refractivity contribution in [3.8, 4) is 0 Å². The first-order valence-electron chi connectivity index (χ1n) is 13.8. The number of nitrogens with zero attached hydrogens (tertiary/aromatic N) is 1. The molecular weight excluding hydrogens is 523 g/mol. The number of likely N-dealkylation sites (tertiary alicyclic amines) is 1. The number of ether oxygens (including phenoxy) is 2. The Morgan fingerprint density at radius 3 is 2.45 bits per heavy atom. The molecule has 0 spiro atoms. The fourth-order valence-electron chi connectivity index (χ4n) is 5.73. The molecule has 40 heavy (non-hydrogen) atoms. The van der Waals surface area contributed by atoms with E-state index >= 15 is 0 Å². The van der Waals surface area contributed by atoms with Crippen molar-refractivity contribution < 1.29 is 32.2 Å². The molecule has 3 atom stereocenters. The van der Waals surface area contributed by atoms with Gasteiger partial charge in [-0.15, -0.1) is 0 Å². The maximum Gasteiger partial charge on any atom is 0.323 e. The highest BCUT2D eigenvalue weighted by molar-refractivity contribution is 5.80. The number of methoxy groups -OCH3 is 1. The first-order chi connectivity index (χ1) is 19.2. The summed E-state index contributed by atoms with van der Waals surface area (Å²) < 4.78 is 53.3. The number of hydrogen-bond donors (Lipinski definition) is 2. The number of rotatable bonds is 10. The lowest BCUT2D eigenvalue weighted by Crippen LogP contribution is -2.45. The van der Waals surface area contributed by atoms with Gasteiger partial charge in [0.05, 0.1) is 13.0 Å². The summed E-state index contributed by atoms with van der Waals surface area (Å²) in [4.78, 5) is 27.9. The van der Waals surface area contributed by atoms with Crippen LogP contribution in [0, 0.1) is 37.2 Å². The molecule has 0 unspecified atom stereocenters. The van der Waals surface area contributed by atoms with Crippen LogP contribution in [-0.4, -0.2) is 75.4 Å². The monoisotopic (exact) mass is 561 g/mol. The third-order valence-corrected chi connectivity index (χ3v) is 8.14. The Labute approximate surface area is 233 Å². The van der Waals surface area contributed by atoms with Gasteiger partial charge in [0, 0.05) is 63.8 Å². The molecule has 2 N–H and O–H groups in total. The van der Waals surface area contributed by atoms with E-state index < -0.39 is 35.5 Å². The summed E-state index contributed by atoms with van der Waals surface area (Å²) in [6.07, 6.45) is 1.78. The van der Waals surface area contributed by atoms with Crippen molar-refractivity contribution >= 4 is 11.9 Å². The van der Waals surface area contributed by atoms with Gasteiger partial charge >= 0.3 is 5.97 Å². The topological polar surface area (TPSA) is 79.9 Å². The average molecular weight is 562 g/mol. The van der Waals surface area contributed by atoms with Crippen LogP contribution in [0.1, 0.15) is 41.0 Å². The van der Waals surface area contributed by atoms with Crippen LogP contribution in [0.3, 0.4) is 0 Å². The van der Waals surface area contributed by atoms with E-state index in [0.29, 0.717) is 37.4 Å². The highest BCUT2D eigenvalue weighted by Gasteiger charge is 2.42. The standard InChI is InChI=1S/C30H38F3N3O4/c1-18-12-20(26(32)13-19(18)2)14-28(30(38)39-3)34-8-9-35-29(37)25-17-36(22-6-10-40-11-7-22)16-24(25)23-5-4-21(31)15-27(23)33/h4-5,12-13,15,22,24-25,28,34H,6-11,14,16-17H2,1-3H3,(H,35,37)/t24-,25+,28-/m0/s1. The Kier molecular flexibility index (Phi) is 10.2. The van der Waals surface area contributed by atoms with Crippen LogP contribution in [0.2, 0.25) is 0 Å². The molecule has 0 bridgehead atoms. The molecule has 218 valence electrons. The maximum atomic E-state index is 14.8. The summed E-state index contributed by atoms with van der Waals surface area (Å²) in [5, 5.41) is 5.97. The molecule has 4 rings (SSSR count). The van der Waals surface area contributed by atoms with Crippen molar-refractivity contribution in [2.24, 2.45) is 5.92 Å². The molecule has 2 heterocycles. The minimum absolute atomic E-state index is 0.0994. The quantitative estimate of drug-likeness (QED) is 0.342. The maximum absolute atomic E-state index is 14.8. The minimum atomic E-state index is -0.796. The van der Waals surface area contributed by atoms with Gasteiger partial charge in [0.2, 0.25) is 5.91 Å². The predicted octanol–water partition coefficient (Wildman–Crippen LogP) is 3.41. The van der Waals surface area contributed by atoms with Crippen LogP contribution in [0.5, 0.6) is 0 Å². The smallest absolute Gasteiger partial charge is 0.323 e. The van der Waals surface area contributed by atoms with Gasteiger partial charge in [-0.1, -0.05) is 12.1 Å². The molecule has 2 aromatic carbocycles. The Morgan fingerprint density at radius 2 is 1.75 bits per heavy atom. The summed E-state index contributed by atoms with van der Waals surface area (Å²) in [6, 6.07) is 6.13. The second-order valence-corrected chi connectivity index (χ2v) is 10.7. The predicted molar refractivity (Wildman–Crippen MR) is 144 cm³/mol. The van der Waals surface area contributed by atoms with Gasteiger partial charge in [0.15, 0.2) is 0 Å². The number of esters is 1. The largest absolute Gasteiger partial charge is 0.468 e.